The number of carbonyl (C=O) groups is 1. The highest BCUT2D eigenvalue weighted by atomic mass is 32.2. The van der Waals surface area contributed by atoms with Gasteiger partial charge in [-0.3, -0.25) is 4.79 Å². The number of carbonyl (C=O) groups excluding carboxylic acids is 1. The molecule has 8 heteroatoms. The molecule has 2 aromatic rings. The maximum Gasteiger partial charge on any atom is 0.244 e. The van der Waals surface area contributed by atoms with Crippen molar-refractivity contribution >= 4 is 21.6 Å². The quantitative estimate of drug-likeness (QED) is 0.749. The van der Waals surface area contributed by atoms with Gasteiger partial charge in [-0.15, -0.1) is 0 Å². The predicted octanol–water partition coefficient (Wildman–Crippen LogP) is 2.42. The van der Waals surface area contributed by atoms with E-state index < -0.39 is 16.1 Å². The van der Waals surface area contributed by atoms with Crippen molar-refractivity contribution in [2.45, 2.75) is 24.8 Å². The Bertz CT molecular complexity index is 926. The number of hydrogen-bond acceptors (Lipinski definition) is 5. The van der Waals surface area contributed by atoms with Crippen LogP contribution in [0.2, 0.25) is 0 Å². The molecule has 156 valence electrons. The molecule has 1 aliphatic rings. The Kier molecular flexibility index (Phi) is 6.76. The second kappa shape index (κ2) is 9.28. The van der Waals surface area contributed by atoms with E-state index >= 15 is 0 Å². The zero-order valence-electron chi connectivity index (χ0n) is 16.7. The van der Waals surface area contributed by atoms with Gasteiger partial charge in [0.15, 0.2) is 0 Å². The van der Waals surface area contributed by atoms with Gasteiger partial charge in [-0.1, -0.05) is 30.3 Å². The number of benzene rings is 2. The fraction of sp³-hybridized carbons (Fsp3) is 0.381. The van der Waals surface area contributed by atoms with Crippen LogP contribution < -0.4 is 10.1 Å². The maximum absolute atomic E-state index is 12.9. The second-order valence-corrected chi connectivity index (χ2v) is 8.78. The molecule has 2 aromatic carbocycles. The third kappa shape index (κ3) is 4.89. The third-order valence-corrected chi connectivity index (χ3v) is 6.77. The molecular formula is C21H27N3O4S. The third-order valence-electron chi connectivity index (χ3n) is 4.86. The molecule has 1 aliphatic heterocycles. The number of para-hydroxylation sites is 2. The van der Waals surface area contributed by atoms with Crippen LogP contribution in [0.15, 0.2) is 59.5 Å². The first-order chi connectivity index (χ1) is 13.9. The number of hydrogen-bond donors (Lipinski definition) is 1. The van der Waals surface area contributed by atoms with Crippen LogP contribution in [0, 0.1) is 0 Å². The highest BCUT2D eigenvalue weighted by molar-refractivity contribution is 7.89. The van der Waals surface area contributed by atoms with Crippen molar-refractivity contribution in [3.63, 3.8) is 0 Å². The van der Waals surface area contributed by atoms with Gasteiger partial charge in [-0.25, -0.2) is 8.42 Å². The summed E-state index contributed by atoms with van der Waals surface area (Å²) in [6.45, 7) is 5.55. The number of ether oxygens (including phenoxy) is 1. The Morgan fingerprint density at radius 1 is 1.03 bits per heavy atom. The summed E-state index contributed by atoms with van der Waals surface area (Å²) in [6.07, 6.45) is 0. The molecular weight excluding hydrogens is 390 g/mol. The molecule has 1 atom stereocenters. The minimum absolute atomic E-state index is 0.0620. The predicted molar refractivity (Wildman–Crippen MR) is 112 cm³/mol. The van der Waals surface area contributed by atoms with E-state index in [0.29, 0.717) is 25.4 Å². The first-order valence-corrected chi connectivity index (χ1v) is 11.2. The zero-order chi connectivity index (χ0) is 20.9. The van der Waals surface area contributed by atoms with E-state index in [9.17, 15) is 13.2 Å². The lowest BCUT2D eigenvalue weighted by Crippen LogP contribution is -2.53. The van der Waals surface area contributed by atoms with Crippen molar-refractivity contribution in [1.82, 2.24) is 9.21 Å². The van der Waals surface area contributed by atoms with Crippen molar-refractivity contribution in [2.24, 2.45) is 0 Å². The summed E-state index contributed by atoms with van der Waals surface area (Å²) in [6, 6.07) is 15.4. The molecule has 0 spiro atoms. The average Bonchev–Trinajstić information content (AvgIpc) is 2.75. The monoisotopic (exact) mass is 417 g/mol. The lowest BCUT2D eigenvalue weighted by atomic mass is 10.2. The van der Waals surface area contributed by atoms with Crippen molar-refractivity contribution < 1.29 is 17.9 Å². The SMILES string of the molecule is CCOc1ccccc1NC(C)C(=O)N1CCN(S(=O)(=O)c2ccccc2)CC1. The number of piperazine rings is 1. The van der Waals surface area contributed by atoms with Crippen LogP contribution in [-0.2, 0) is 14.8 Å². The van der Waals surface area contributed by atoms with Crippen molar-refractivity contribution in [1.29, 1.82) is 0 Å². The zero-order valence-corrected chi connectivity index (χ0v) is 17.6. The molecule has 0 aliphatic carbocycles. The lowest BCUT2D eigenvalue weighted by Gasteiger charge is -2.35. The van der Waals surface area contributed by atoms with Gasteiger partial charge >= 0.3 is 0 Å². The van der Waals surface area contributed by atoms with Gasteiger partial charge in [0.1, 0.15) is 11.8 Å². The number of anilines is 1. The molecule has 0 radical (unpaired) electrons. The number of nitrogens with zero attached hydrogens (tertiary/aromatic N) is 2. The van der Waals surface area contributed by atoms with Crippen LogP contribution in [0.25, 0.3) is 0 Å². The van der Waals surface area contributed by atoms with E-state index in [1.807, 2.05) is 31.2 Å². The largest absolute Gasteiger partial charge is 0.492 e. The van der Waals surface area contributed by atoms with Crippen LogP contribution in [0.5, 0.6) is 5.75 Å². The smallest absolute Gasteiger partial charge is 0.244 e. The van der Waals surface area contributed by atoms with Gasteiger partial charge in [-0.05, 0) is 38.1 Å². The molecule has 1 N–H and O–H groups in total. The van der Waals surface area contributed by atoms with E-state index in [2.05, 4.69) is 5.32 Å². The molecule has 0 aromatic heterocycles. The van der Waals surface area contributed by atoms with Crippen LogP contribution in [0.3, 0.4) is 0 Å². The first-order valence-electron chi connectivity index (χ1n) is 9.76. The molecule has 1 heterocycles. The Morgan fingerprint density at radius 2 is 1.66 bits per heavy atom. The van der Waals surface area contributed by atoms with Crippen LogP contribution in [0.1, 0.15) is 13.8 Å². The minimum atomic E-state index is -3.53. The number of amides is 1. The van der Waals surface area contributed by atoms with Crippen LogP contribution >= 0.6 is 0 Å². The summed E-state index contributed by atoms with van der Waals surface area (Å²) in [5.74, 6) is 0.640. The highest BCUT2D eigenvalue weighted by Gasteiger charge is 2.31. The fourth-order valence-electron chi connectivity index (χ4n) is 3.33. The number of nitrogens with one attached hydrogen (secondary N) is 1. The van der Waals surface area contributed by atoms with Crippen molar-refractivity contribution in [3.05, 3.63) is 54.6 Å². The number of sulfonamides is 1. The Balaban J connectivity index is 1.60. The van der Waals surface area contributed by atoms with E-state index in [1.54, 1.807) is 42.2 Å². The van der Waals surface area contributed by atoms with Gasteiger partial charge in [0.05, 0.1) is 17.2 Å². The molecule has 1 unspecified atom stereocenters. The Hall–Kier alpha value is -2.58. The maximum atomic E-state index is 12.9. The lowest BCUT2D eigenvalue weighted by molar-refractivity contribution is -0.132. The van der Waals surface area contributed by atoms with Crippen molar-refractivity contribution in [3.8, 4) is 5.75 Å². The molecule has 29 heavy (non-hydrogen) atoms. The van der Waals surface area contributed by atoms with E-state index in [-0.39, 0.29) is 23.9 Å². The summed E-state index contributed by atoms with van der Waals surface area (Å²) in [5, 5.41) is 3.21. The van der Waals surface area contributed by atoms with Gasteiger partial charge in [0.2, 0.25) is 15.9 Å². The van der Waals surface area contributed by atoms with Crippen LogP contribution in [-0.4, -0.2) is 62.4 Å². The molecule has 1 amide bonds. The van der Waals surface area contributed by atoms with Gasteiger partial charge in [-0.2, -0.15) is 4.31 Å². The average molecular weight is 418 g/mol. The van der Waals surface area contributed by atoms with E-state index in [0.717, 1.165) is 5.69 Å². The highest BCUT2D eigenvalue weighted by Crippen LogP contribution is 2.25. The normalized spacial score (nSPS) is 16.3. The van der Waals surface area contributed by atoms with Gasteiger partial charge < -0.3 is 15.0 Å². The summed E-state index contributed by atoms with van der Waals surface area (Å²) < 4.78 is 32.5. The summed E-state index contributed by atoms with van der Waals surface area (Å²) in [7, 11) is -3.53. The molecule has 7 nitrogen and oxygen atoms in total. The summed E-state index contributed by atoms with van der Waals surface area (Å²) in [4.78, 5) is 14.8. The summed E-state index contributed by atoms with van der Waals surface area (Å²) >= 11 is 0. The Morgan fingerprint density at radius 3 is 2.31 bits per heavy atom. The minimum Gasteiger partial charge on any atom is -0.492 e. The first kappa shape index (κ1) is 21.1. The molecule has 0 saturated carbocycles. The van der Waals surface area contributed by atoms with Crippen LogP contribution in [0.4, 0.5) is 5.69 Å². The summed E-state index contributed by atoms with van der Waals surface area (Å²) in [5.41, 5.74) is 0.764. The standard InChI is InChI=1S/C21H27N3O4S/c1-3-28-20-12-8-7-11-19(20)22-17(2)21(25)23-13-15-24(16-14-23)29(26,27)18-9-5-4-6-10-18/h4-12,17,22H,3,13-16H2,1-2H3. The fourth-order valence-corrected chi connectivity index (χ4v) is 4.77. The molecule has 1 saturated heterocycles. The molecule has 1 fully saturated rings. The molecule has 3 rings (SSSR count). The van der Waals surface area contributed by atoms with E-state index in [1.165, 1.54) is 4.31 Å². The van der Waals surface area contributed by atoms with E-state index in [4.69, 9.17) is 4.74 Å². The number of rotatable bonds is 7. The Labute approximate surface area is 172 Å². The van der Waals surface area contributed by atoms with Crippen molar-refractivity contribution in [2.75, 3.05) is 38.1 Å². The topological polar surface area (TPSA) is 79.0 Å². The van der Waals surface area contributed by atoms with Gasteiger partial charge in [0, 0.05) is 26.2 Å². The molecule has 0 bridgehead atoms. The second-order valence-electron chi connectivity index (χ2n) is 6.84. The van der Waals surface area contributed by atoms with Gasteiger partial charge in [0.25, 0.3) is 0 Å².